The molecule has 0 atom stereocenters. The Morgan fingerprint density at radius 2 is 2.12 bits per heavy atom. The summed E-state index contributed by atoms with van der Waals surface area (Å²) in [6.07, 6.45) is 3.07. The molecule has 0 aliphatic heterocycles. The van der Waals surface area contributed by atoms with Gasteiger partial charge in [-0.2, -0.15) is 0 Å². The van der Waals surface area contributed by atoms with Gasteiger partial charge in [0.1, 0.15) is 6.61 Å². The second-order valence-corrected chi connectivity index (χ2v) is 5.05. The van der Waals surface area contributed by atoms with Crippen molar-refractivity contribution in [2.45, 2.75) is 13.0 Å². The molecule has 0 radical (unpaired) electrons. The van der Waals surface area contributed by atoms with E-state index in [1.54, 1.807) is 11.3 Å². The van der Waals surface area contributed by atoms with Crippen molar-refractivity contribution in [3.63, 3.8) is 0 Å². The Morgan fingerprint density at radius 1 is 1.18 bits per heavy atom. The summed E-state index contributed by atoms with van der Waals surface area (Å²) in [7, 11) is 0. The number of benzene rings is 1. The Labute approximate surface area is 105 Å². The highest BCUT2D eigenvalue weighted by Gasteiger charge is 2.11. The molecule has 2 aromatic rings. The van der Waals surface area contributed by atoms with Crippen LogP contribution in [0.5, 0.6) is 0 Å². The molecule has 17 heavy (non-hydrogen) atoms. The van der Waals surface area contributed by atoms with Gasteiger partial charge in [-0.05, 0) is 28.6 Å². The first-order valence-corrected chi connectivity index (χ1v) is 6.48. The fraction of sp³-hybridized carbons (Fsp3) is 0.143. The molecule has 1 aliphatic rings. The van der Waals surface area contributed by atoms with Gasteiger partial charge >= 0.3 is 0 Å². The molecular formula is C14H13NOS. The minimum atomic E-state index is 0.616. The Kier molecular flexibility index (Phi) is 2.94. The van der Waals surface area contributed by atoms with Gasteiger partial charge in [-0.1, -0.05) is 30.3 Å². The summed E-state index contributed by atoms with van der Waals surface area (Å²) in [5.41, 5.74) is 6.81. The first kappa shape index (κ1) is 10.6. The van der Waals surface area contributed by atoms with Gasteiger partial charge < -0.3 is 0 Å². The molecule has 1 aliphatic carbocycles. The van der Waals surface area contributed by atoms with Gasteiger partial charge in [-0.3, -0.25) is 10.3 Å². The highest BCUT2D eigenvalue weighted by Crippen LogP contribution is 2.22. The number of hydroxylamine groups is 1. The highest BCUT2D eigenvalue weighted by molar-refractivity contribution is 7.09. The third-order valence-electron chi connectivity index (χ3n) is 2.76. The molecule has 0 spiro atoms. The zero-order chi connectivity index (χ0) is 11.5. The third-order valence-corrected chi connectivity index (χ3v) is 3.61. The maximum atomic E-state index is 5.49. The summed E-state index contributed by atoms with van der Waals surface area (Å²) < 4.78 is 0. The number of rotatable bonds is 4. The first-order valence-electron chi connectivity index (χ1n) is 5.60. The van der Waals surface area contributed by atoms with E-state index in [9.17, 15) is 0 Å². The third kappa shape index (κ3) is 2.40. The Bertz CT molecular complexity index is 531. The SMILES string of the molecule is C1=C(NOCc2cccs2)Cc2ccccc21. The van der Waals surface area contributed by atoms with E-state index in [0.717, 1.165) is 12.1 Å². The van der Waals surface area contributed by atoms with Crippen LogP contribution >= 0.6 is 11.3 Å². The molecule has 1 aromatic heterocycles. The minimum absolute atomic E-state index is 0.616. The fourth-order valence-electron chi connectivity index (χ4n) is 1.94. The number of thiophene rings is 1. The van der Waals surface area contributed by atoms with Gasteiger partial charge in [0.15, 0.2) is 0 Å². The lowest BCUT2D eigenvalue weighted by Crippen LogP contribution is -2.13. The van der Waals surface area contributed by atoms with Crippen LogP contribution in [0, 0.1) is 0 Å². The Morgan fingerprint density at radius 3 is 2.94 bits per heavy atom. The number of hydrogen-bond acceptors (Lipinski definition) is 3. The van der Waals surface area contributed by atoms with Crippen LogP contribution in [0.2, 0.25) is 0 Å². The lowest BCUT2D eigenvalue weighted by molar-refractivity contribution is 0.0505. The van der Waals surface area contributed by atoms with Gasteiger partial charge in [0, 0.05) is 17.0 Å². The van der Waals surface area contributed by atoms with Crippen LogP contribution in [0.4, 0.5) is 0 Å². The van der Waals surface area contributed by atoms with Crippen LogP contribution in [0.1, 0.15) is 16.0 Å². The summed E-state index contributed by atoms with van der Waals surface area (Å²) in [5.74, 6) is 0. The van der Waals surface area contributed by atoms with E-state index >= 15 is 0 Å². The molecule has 0 saturated carbocycles. The lowest BCUT2D eigenvalue weighted by atomic mass is 10.1. The van der Waals surface area contributed by atoms with E-state index in [1.165, 1.54) is 16.0 Å². The maximum absolute atomic E-state index is 5.49. The van der Waals surface area contributed by atoms with E-state index < -0.39 is 0 Å². The van der Waals surface area contributed by atoms with Crippen LogP contribution in [0.15, 0.2) is 47.5 Å². The predicted octanol–water partition coefficient (Wildman–Crippen LogP) is 3.37. The molecule has 0 amide bonds. The smallest absolute Gasteiger partial charge is 0.109 e. The monoisotopic (exact) mass is 243 g/mol. The second-order valence-electron chi connectivity index (χ2n) is 4.02. The molecule has 0 unspecified atom stereocenters. The fourth-order valence-corrected chi connectivity index (χ4v) is 2.56. The molecule has 2 nitrogen and oxygen atoms in total. The van der Waals surface area contributed by atoms with Crippen LogP contribution in [-0.2, 0) is 17.9 Å². The highest BCUT2D eigenvalue weighted by atomic mass is 32.1. The number of fused-ring (bicyclic) bond motifs is 1. The minimum Gasteiger partial charge on any atom is -0.271 e. The quantitative estimate of drug-likeness (QED) is 0.831. The summed E-state index contributed by atoms with van der Waals surface area (Å²) in [6.45, 7) is 0.616. The molecule has 1 heterocycles. The van der Waals surface area contributed by atoms with Crippen molar-refractivity contribution < 1.29 is 4.84 Å². The Hall–Kier alpha value is -1.58. The average Bonchev–Trinajstić information content (AvgIpc) is 2.96. The van der Waals surface area contributed by atoms with Crippen molar-refractivity contribution in [3.8, 4) is 0 Å². The summed E-state index contributed by atoms with van der Waals surface area (Å²) >= 11 is 1.71. The van der Waals surface area contributed by atoms with Gasteiger partial charge in [0.25, 0.3) is 0 Å². The normalized spacial score (nSPS) is 13.3. The molecule has 0 fully saturated rings. The van der Waals surface area contributed by atoms with Crippen molar-refractivity contribution in [2.75, 3.05) is 0 Å². The van der Waals surface area contributed by atoms with Crippen LogP contribution < -0.4 is 5.48 Å². The van der Waals surface area contributed by atoms with Crippen molar-refractivity contribution in [1.82, 2.24) is 5.48 Å². The summed E-state index contributed by atoms with van der Waals surface area (Å²) in [5, 5.41) is 2.06. The molecular weight excluding hydrogens is 230 g/mol. The van der Waals surface area contributed by atoms with Crippen LogP contribution in [0.25, 0.3) is 6.08 Å². The molecule has 0 saturated heterocycles. The van der Waals surface area contributed by atoms with Crippen LogP contribution in [0.3, 0.4) is 0 Å². The standard InChI is InChI=1S/C14H13NOS/c1-2-5-12-9-13(8-11(12)4-1)15-16-10-14-6-3-7-17-14/h1-8,15H,9-10H2. The molecule has 3 rings (SSSR count). The van der Waals surface area contributed by atoms with Crippen molar-refractivity contribution >= 4 is 17.4 Å². The van der Waals surface area contributed by atoms with Gasteiger partial charge in [0.05, 0.1) is 0 Å². The molecule has 1 aromatic carbocycles. The summed E-state index contributed by atoms with van der Waals surface area (Å²) in [4.78, 5) is 6.72. The van der Waals surface area contributed by atoms with Crippen molar-refractivity contribution in [2.24, 2.45) is 0 Å². The van der Waals surface area contributed by atoms with Gasteiger partial charge in [-0.15, -0.1) is 11.3 Å². The topological polar surface area (TPSA) is 21.3 Å². The molecule has 3 heteroatoms. The Balaban J connectivity index is 1.55. The number of nitrogens with one attached hydrogen (secondary N) is 1. The van der Waals surface area contributed by atoms with Gasteiger partial charge in [0.2, 0.25) is 0 Å². The van der Waals surface area contributed by atoms with E-state index in [-0.39, 0.29) is 0 Å². The molecule has 86 valence electrons. The predicted molar refractivity (Wildman–Crippen MR) is 70.4 cm³/mol. The zero-order valence-electron chi connectivity index (χ0n) is 9.35. The van der Waals surface area contributed by atoms with E-state index in [2.05, 4.69) is 47.3 Å². The van der Waals surface area contributed by atoms with Gasteiger partial charge in [-0.25, -0.2) is 0 Å². The lowest BCUT2D eigenvalue weighted by Gasteiger charge is -2.06. The molecule has 0 bridgehead atoms. The van der Waals surface area contributed by atoms with Crippen molar-refractivity contribution in [3.05, 3.63) is 63.5 Å². The summed E-state index contributed by atoms with van der Waals surface area (Å²) in [6, 6.07) is 12.5. The number of allylic oxidation sites excluding steroid dienone is 1. The average molecular weight is 243 g/mol. The second kappa shape index (κ2) is 4.73. The largest absolute Gasteiger partial charge is 0.271 e. The van der Waals surface area contributed by atoms with E-state index in [0.29, 0.717) is 6.61 Å². The zero-order valence-corrected chi connectivity index (χ0v) is 10.2. The van der Waals surface area contributed by atoms with Crippen molar-refractivity contribution in [1.29, 1.82) is 0 Å². The van der Waals surface area contributed by atoms with Crippen LogP contribution in [-0.4, -0.2) is 0 Å². The van der Waals surface area contributed by atoms with E-state index in [4.69, 9.17) is 4.84 Å². The number of hydrogen-bond donors (Lipinski definition) is 1. The maximum Gasteiger partial charge on any atom is 0.109 e. The molecule has 1 N–H and O–H groups in total. The van der Waals surface area contributed by atoms with E-state index in [1.807, 2.05) is 6.07 Å². The first-order chi connectivity index (χ1) is 8.42.